The Labute approximate surface area is 289 Å². The molecule has 0 aliphatic heterocycles. The molecular formula is C40H84N4O2. The molecule has 2 atom stereocenters. The molecule has 276 valence electrons. The van der Waals surface area contributed by atoms with Crippen molar-refractivity contribution in [3.05, 3.63) is 0 Å². The average Bonchev–Trinajstić information content (AvgIpc) is 3.03. The third-order valence-corrected chi connectivity index (χ3v) is 9.19. The summed E-state index contributed by atoms with van der Waals surface area (Å²) in [6.07, 6.45) is 35.8. The Hall–Kier alpha value is -1.14. The Morgan fingerprint density at radius 1 is 0.391 bits per heavy atom. The molecule has 0 aromatic heterocycles. The fourth-order valence-electron chi connectivity index (χ4n) is 5.96. The Morgan fingerprint density at radius 2 is 0.609 bits per heavy atom. The minimum absolute atomic E-state index is 0.179. The zero-order chi connectivity index (χ0) is 34.7. The SMILES string of the molecule is CCCCCCCCCCCC(=O)NC(CC)N(C)C.CCCCCCCCCCCCCCCCCC(=O)NC(CC)N(C)C. The number of nitrogens with zero attached hydrogens (tertiary/aromatic N) is 2. The van der Waals surface area contributed by atoms with Crippen LogP contribution >= 0.6 is 0 Å². The second kappa shape index (κ2) is 36.7. The molecule has 0 rings (SSSR count). The van der Waals surface area contributed by atoms with E-state index in [4.69, 9.17) is 0 Å². The first-order valence-electron chi connectivity index (χ1n) is 20.1. The first-order chi connectivity index (χ1) is 22.2. The monoisotopic (exact) mass is 653 g/mol. The van der Waals surface area contributed by atoms with Crippen LogP contribution in [0.1, 0.15) is 207 Å². The molecule has 0 aromatic carbocycles. The van der Waals surface area contributed by atoms with E-state index in [1.807, 2.05) is 28.2 Å². The summed E-state index contributed by atoms with van der Waals surface area (Å²) in [5, 5.41) is 6.18. The maximum Gasteiger partial charge on any atom is 0.221 e. The van der Waals surface area contributed by atoms with Gasteiger partial charge in [0.05, 0.1) is 12.3 Å². The number of carbonyl (C=O) groups is 2. The maximum absolute atomic E-state index is 11.9. The molecule has 0 saturated carbocycles. The summed E-state index contributed by atoms with van der Waals surface area (Å²) in [7, 11) is 8.05. The molecule has 2 N–H and O–H groups in total. The van der Waals surface area contributed by atoms with Crippen molar-refractivity contribution in [2.45, 2.75) is 220 Å². The van der Waals surface area contributed by atoms with Crippen molar-refractivity contribution in [3.8, 4) is 0 Å². The van der Waals surface area contributed by atoms with Crippen LogP contribution in [0.25, 0.3) is 0 Å². The van der Waals surface area contributed by atoms with E-state index in [9.17, 15) is 9.59 Å². The standard InChI is InChI=1S/C23H48N2O.C17H36N2O/c1-5-7-8-9-10-11-12-13-14-15-16-17-18-19-20-21-23(26)24-22(6-2)25(3)4;1-5-7-8-9-10-11-12-13-14-15-17(20)18-16(6-2)19(3)4/h22H,5-21H2,1-4H3,(H,24,26);16H,5-15H2,1-4H3,(H,18,20). The first kappa shape index (κ1) is 47.0. The molecule has 6 nitrogen and oxygen atoms in total. The highest BCUT2D eigenvalue weighted by Crippen LogP contribution is 2.14. The van der Waals surface area contributed by atoms with Gasteiger partial charge in [-0.2, -0.15) is 0 Å². The third-order valence-electron chi connectivity index (χ3n) is 9.19. The topological polar surface area (TPSA) is 64.7 Å². The minimum atomic E-state index is 0.179. The van der Waals surface area contributed by atoms with Crippen LogP contribution in [-0.4, -0.2) is 62.1 Å². The van der Waals surface area contributed by atoms with Crippen LogP contribution in [0, 0.1) is 0 Å². The summed E-state index contributed by atoms with van der Waals surface area (Å²) in [4.78, 5) is 27.8. The molecule has 0 radical (unpaired) electrons. The number of hydrogen-bond donors (Lipinski definition) is 2. The van der Waals surface area contributed by atoms with Crippen LogP contribution in [0.5, 0.6) is 0 Å². The average molecular weight is 653 g/mol. The lowest BCUT2D eigenvalue weighted by Crippen LogP contribution is -2.44. The summed E-state index contributed by atoms with van der Waals surface area (Å²) in [6, 6.07) is 0. The first-order valence-corrected chi connectivity index (χ1v) is 20.1. The van der Waals surface area contributed by atoms with Crippen LogP contribution in [0.2, 0.25) is 0 Å². The zero-order valence-corrected chi connectivity index (χ0v) is 32.7. The molecule has 46 heavy (non-hydrogen) atoms. The molecular weight excluding hydrogens is 568 g/mol. The summed E-state index contributed by atoms with van der Waals surface area (Å²) >= 11 is 0. The van der Waals surface area contributed by atoms with Crippen LogP contribution in [-0.2, 0) is 9.59 Å². The molecule has 2 amide bonds. The van der Waals surface area contributed by atoms with Gasteiger partial charge in [0.15, 0.2) is 0 Å². The molecule has 6 heteroatoms. The van der Waals surface area contributed by atoms with Crippen LogP contribution in [0.3, 0.4) is 0 Å². The Bertz CT molecular complexity index is 641. The molecule has 0 fully saturated rings. The van der Waals surface area contributed by atoms with Crippen LogP contribution < -0.4 is 10.6 Å². The summed E-state index contributed by atoms with van der Waals surface area (Å²) in [5.41, 5.74) is 0. The summed E-state index contributed by atoms with van der Waals surface area (Å²) < 4.78 is 0. The van der Waals surface area contributed by atoms with Crippen molar-refractivity contribution >= 4 is 11.8 Å². The predicted molar refractivity (Wildman–Crippen MR) is 203 cm³/mol. The summed E-state index contributed by atoms with van der Waals surface area (Å²) in [5.74, 6) is 0.411. The van der Waals surface area contributed by atoms with E-state index in [2.05, 4.69) is 48.1 Å². The Kier molecular flexibility index (Phi) is 37.5. The van der Waals surface area contributed by atoms with E-state index < -0.39 is 0 Å². The fourth-order valence-corrected chi connectivity index (χ4v) is 5.96. The number of rotatable bonds is 32. The smallest absolute Gasteiger partial charge is 0.221 e. The van der Waals surface area contributed by atoms with E-state index >= 15 is 0 Å². The molecule has 0 aliphatic rings. The normalized spacial score (nSPS) is 12.6. The second-order valence-corrected chi connectivity index (χ2v) is 14.2. The highest BCUT2D eigenvalue weighted by Gasteiger charge is 2.12. The minimum Gasteiger partial charge on any atom is -0.341 e. The third kappa shape index (κ3) is 34.2. The molecule has 2 unspecified atom stereocenters. The number of hydrogen-bond acceptors (Lipinski definition) is 4. The quantitative estimate of drug-likeness (QED) is 0.0560. The number of nitrogens with one attached hydrogen (secondary N) is 2. The number of amides is 2. The molecule has 0 bridgehead atoms. The predicted octanol–water partition coefficient (Wildman–Crippen LogP) is 11.0. The van der Waals surface area contributed by atoms with Crippen molar-refractivity contribution in [2.75, 3.05) is 28.2 Å². The van der Waals surface area contributed by atoms with E-state index in [0.717, 1.165) is 25.7 Å². The van der Waals surface area contributed by atoms with Crippen LogP contribution in [0.15, 0.2) is 0 Å². The van der Waals surface area contributed by atoms with Gasteiger partial charge in [-0.05, 0) is 53.9 Å². The van der Waals surface area contributed by atoms with E-state index in [1.165, 1.54) is 141 Å². The Morgan fingerprint density at radius 3 is 0.804 bits per heavy atom. The van der Waals surface area contributed by atoms with Gasteiger partial charge in [-0.25, -0.2) is 0 Å². The van der Waals surface area contributed by atoms with E-state index in [-0.39, 0.29) is 24.1 Å². The fraction of sp³-hybridized carbons (Fsp3) is 0.950. The van der Waals surface area contributed by atoms with Crippen molar-refractivity contribution in [1.29, 1.82) is 0 Å². The van der Waals surface area contributed by atoms with Gasteiger partial charge in [0.2, 0.25) is 11.8 Å². The van der Waals surface area contributed by atoms with Crippen molar-refractivity contribution in [2.24, 2.45) is 0 Å². The highest BCUT2D eigenvalue weighted by molar-refractivity contribution is 5.76. The molecule has 0 spiro atoms. The lowest BCUT2D eigenvalue weighted by Gasteiger charge is -2.23. The lowest BCUT2D eigenvalue weighted by molar-refractivity contribution is -0.123. The number of carbonyl (C=O) groups excluding carboxylic acids is 2. The van der Waals surface area contributed by atoms with Gasteiger partial charge in [0, 0.05) is 12.8 Å². The van der Waals surface area contributed by atoms with Crippen LogP contribution in [0.4, 0.5) is 0 Å². The second-order valence-electron chi connectivity index (χ2n) is 14.2. The van der Waals surface area contributed by atoms with E-state index in [0.29, 0.717) is 12.8 Å². The molecule has 0 aromatic rings. The van der Waals surface area contributed by atoms with Crippen molar-refractivity contribution in [3.63, 3.8) is 0 Å². The van der Waals surface area contributed by atoms with Crippen molar-refractivity contribution < 1.29 is 9.59 Å². The lowest BCUT2D eigenvalue weighted by atomic mass is 10.0. The molecule has 0 saturated heterocycles. The molecule has 0 aliphatic carbocycles. The van der Waals surface area contributed by atoms with Gasteiger partial charge >= 0.3 is 0 Å². The van der Waals surface area contributed by atoms with Gasteiger partial charge in [0.25, 0.3) is 0 Å². The largest absolute Gasteiger partial charge is 0.341 e. The summed E-state index contributed by atoms with van der Waals surface area (Å²) in [6.45, 7) is 8.75. The van der Waals surface area contributed by atoms with Gasteiger partial charge < -0.3 is 10.6 Å². The van der Waals surface area contributed by atoms with E-state index in [1.54, 1.807) is 0 Å². The maximum atomic E-state index is 11.9. The number of unbranched alkanes of at least 4 members (excludes halogenated alkanes) is 22. The Balaban J connectivity index is 0. The van der Waals surface area contributed by atoms with Gasteiger partial charge in [-0.3, -0.25) is 19.4 Å². The zero-order valence-electron chi connectivity index (χ0n) is 32.7. The van der Waals surface area contributed by atoms with Crippen molar-refractivity contribution in [1.82, 2.24) is 20.4 Å². The van der Waals surface area contributed by atoms with Gasteiger partial charge in [-0.15, -0.1) is 0 Å². The van der Waals surface area contributed by atoms with Gasteiger partial charge in [0.1, 0.15) is 0 Å². The van der Waals surface area contributed by atoms with Gasteiger partial charge in [-0.1, -0.05) is 169 Å². The highest BCUT2D eigenvalue weighted by atomic mass is 16.2. The molecule has 0 heterocycles.